The zero-order valence-electron chi connectivity index (χ0n) is 23.4. The number of hydrogen-bond acceptors (Lipinski definition) is 3. The molecule has 0 saturated heterocycles. The Labute approximate surface area is 253 Å². The summed E-state index contributed by atoms with van der Waals surface area (Å²) in [4.78, 5) is 29.3. The normalized spacial score (nSPS) is 12.6. The van der Waals surface area contributed by atoms with Crippen molar-refractivity contribution in [3.05, 3.63) is 156 Å². The molecule has 7 aromatic rings. The maximum absolute atomic E-state index is 14.2. The molecule has 5 heteroatoms. The van der Waals surface area contributed by atoms with E-state index in [1.54, 1.807) is 12.1 Å². The minimum absolute atomic E-state index is 0.332. The molecule has 0 N–H and O–H groups in total. The lowest BCUT2D eigenvalue weighted by atomic mass is 10.0. The first-order valence-electron chi connectivity index (χ1n) is 14.3. The van der Waals surface area contributed by atoms with E-state index in [4.69, 9.17) is 0 Å². The van der Waals surface area contributed by atoms with Gasteiger partial charge in [-0.05, 0) is 76.9 Å². The number of para-hydroxylation sites is 1. The van der Waals surface area contributed by atoms with Gasteiger partial charge in [-0.3, -0.25) is 9.59 Å². The van der Waals surface area contributed by atoms with E-state index in [9.17, 15) is 14.9 Å². The van der Waals surface area contributed by atoms with E-state index in [1.165, 1.54) is 4.90 Å². The Balaban J connectivity index is 1.28. The Morgan fingerprint density at radius 1 is 0.523 bits per heavy atom. The van der Waals surface area contributed by atoms with Crippen LogP contribution >= 0.6 is 0 Å². The molecule has 0 aliphatic carbocycles. The highest BCUT2D eigenvalue weighted by Gasteiger charge is 2.39. The van der Waals surface area contributed by atoms with Crippen LogP contribution in [0.1, 0.15) is 26.3 Å². The molecule has 0 spiro atoms. The fraction of sp³-hybridized carbons (Fsp3) is 0. The van der Waals surface area contributed by atoms with E-state index in [1.807, 2.05) is 103 Å². The van der Waals surface area contributed by atoms with Gasteiger partial charge in [0.05, 0.1) is 45.2 Å². The second kappa shape index (κ2) is 9.94. The zero-order chi connectivity index (χ0) is 29.8. The van der Waals surface area contributed by atoms with E-state index in [0.717, 1.165) is 44.1 Å². The standard InChI is InChI=1S/C39H23N3O2/c40-24-25-16-18-27(19-17-25)29-20-21-35-33(23-29)31-12-4-5-14-34(31)42(35)36-15-7-13-32-37(36)39(44)41(38(32)43)30-11-6-10-28(22-30)26-8-2-1-3-9-26/h1-23H. The van der Waals surface area contributed by atoms with Gasteiger partial charge in [-0.1, -0.05) is 84.9 Å². The number of carbonyl (C=O) groups excluding carboxylic acids is 2. The Hall–Kier alpha value is -6.25. The molecule has 0 atom stereocenters. The molecule has 206 valence electrons. The van der Waals surface area contributed by atoms with Gasteiger partial charge < -0.3 is 4.57 Å². The van der Waals surface area contributed by atoms with Crippen LogP contribution in [-0.2, 0) is 0 Å². The Bertz CT molecular complexity index is 2330. The molecule has 2 heterocycles. The fourth-order valence-corrected chi connectivity index (χ4v) is 6.29. The van der Waals surface area contributed by atoms with Crippen LogP contribution in [0.15, 0.2) is 140 Å². The number of nitriles is 1. The largest absolute Gasteiger partial charge is 0.308 e. The third kappa shape index (κ3) is 3.86. The number of nitrogens with zero attached hydrogens (tertiary/aromatic N) is 3. The van der Waals surface area contributed by atoms with E-state index in [0.29, 0.717) is 28.1 Å². The van der Waals surface area contributed by atoms with Crippen molar-refractivity contribution < 1.29 is 9.59 Å². The van der Waals surface area contributed by atoms with Crippen molar-refractivity contribution in [1.82, 2.24) is 4.57 Å². The van der Waals surface area contributed by atoms with E-state index >= 15 is 0 Å². The van der Waals surface area contributed by atoms with Crippen LogP contribution in [0, 0.1) is 11.3 Å². The smallest absolute Gasteiger partial charge is 0.268 e. The average molecular weight is 566 g/mol. The van der Waals surface area contributed by atoms with Gasteiger partial charge in [0, 0.05) is 10.8 Å². The molecule has 0 radical (unpaired) electrons. The summed E-state index contributed by atoms with van der Waals surface area (Å²) in [7, 11) is 0. The number of benzene rings is 6. The highest BCUT2D eigenvalue weighted by atomic mass is 16.2. The second-order valence-corrected chi connectivity index (χ2v) is 10.8. The molecule has 0 fully saturated rings. The van der Waals surface area contributed by atoms with E-state index < -0.39 is 0 Å². The summed E-state index contributed by atoms with van der Waals surface area (Å²) in [6, 6.07) is 47.0. The van der Waals surface area contributed by atoms with Crippen LogP contribution in [-0.4, -0.2) is 16.4 Å². The predicted octanol–water partition coefficient (Wildman–Crippen LogP) is 8.79. The maximum Gasteiger partial charge on any atom is 0.268 e. The monoisotopic (exact) mass is 565 g/mol. The minimum atomic E-state index is -0.342. The summed E-state index contributed by atoms with van der Waals surface area (Å²) < 4.78 is 2.08. The second-order valence-electron chi connectivity index (χ2n) is 10.8. The van der Waals surface area contributed by atoms with Crippen LogP contribution in [0.25, 0.3) is 49.7 Å². The number of carbonyl (C=O) groups is 2. The molecule has 0 saturated carbocycles. The van der Waals surface area contributed by atoms with Crippen molar-refractivity contribution in [3.8, 4) is 34.0 Å². The molecular weight excluding hydrogens is 542 g/mol. The molecule has 0 unspecified atom stereocenters. The van der Waals surface area contributed by atoms with Crippen molar-refractivity contribution in [3.63, 3.8) is 0 Å². The Morgan fingerprint density at radius 2 is 1.18 bits per heavy atom. The fourth-order valence-electron chi connectivity index (χ4n) is 6.29. The summed E-state index contributed by atoms with van der Waals surface area (Å²) in [5, 5.41) is 11.3. The summed E-state index contributed by atoms with van der Waals surface area (Å²) in [6.07, 6.45) is 0. The third-order valence-corrected chi connectivity index (χ3v) is 8.37. The van der Waals surface area contributed by atoms with Gasteiger partial charge in [0.2, 0.25) is 0 Å². The van der Waals surface area contributed by atoms with Crippen LogP contribution in [0.4, 0.5) is 5.69 Å². The van der Waals surface area contributed by atoms with Gasteiger partial charge in [0.1, 0.15) is 0 Å². The molecule has 1 aliphatic rings. The number of aromatic nitrogens is 1. The van der Waals surface area contributed by atoms with Gasteiger partial charge in [-0.15, -0.1) is 0 Å². The summed E-state index contributed by atoms with van der Waals surface area (Å²) in [5.74, 6) is -0.674. The third-order valence-electron chi connectivity index (χ3n) is 8.37. The number of rotatable bonds is 4. The van der Waals surface area contributed by atoms with Crippen LogP contribution < -0.4 is 4.90 Å². The van der Waals surface area contributed by atoms with E-state index in [2.05, 4.69) is 34.9 Å². The topological polar surface area (TPSA) is 66.1 Å². The number of imide groups is 1. The Morgan fingerprint density at radius 3 is 2.00 bits per heavy atom. The lowest BCUT2D eigenvalue weighted by molar-refractivity contribution is 0.0926. The van der Waals surface area contributed by atoms with Crippen molar-refractivity contribution in [2.45, 2.75) is 0 Å². The maximum atomic E-state index is 14.2. The molecular formula is C39H23N3O2. The summed E-state index contributed by atoms with van der Waals surface area (Å²) in [6.45, 7) is 0. The summed E-state index contributed by atoms with van der Waals surface area (Å²) in [5.41, 5.74) is 8.45. The first-order valence-corrected chi connectivity index (χ1v) is 14.3. The van der Waals surface area contributed by atoms with Crippen LogP contribution in [0.3, 0.4) is 0 Å². The SMILES string of the molecule is N#Cc1ccc(-c2ccc3c(c2)c2ccccc2n3-c2cccc3c2C(=O)N(c2cccc(-c4ccccc4)c2)C3=O)cc1. The van der Waals surface area contributed by atoms with Gasteiger partial charge in [0.15, 0.2) is 0 Å². The van der Waals surface area contributed by atoms with Crippen molar-refractivity contribution in [2.75, 3.05) is 4.90 Å². The number of fused-ring (bicyclic) bond motifs is 4. The highest BCUT2D eigenvalue weighted by molar-refractivity contribution is 6.36. The molecule has 5 nitrogen and oxygen atoms in total. The van der Waals surface area contributed by atoms with Gasteiger partial charge in [-0.2, -0.15) is 5.26 Å². The molecule has 2 amide bonds. The number of anilines is 1. The Kier molecular flexibility index (Phi) is 5.75. The van der Waals surface area contributed by atoms with Crippen LogP contribution in [0.5, 0.6) is 0 Å². The molecule has 8 rings (SSSR count). The number of amides is 2. The first kappa shape index (κ1) is 25.5. The lowest BCUT2D eigenvalue weighted by Gasteiger charge is -2.16. The van der Waals surface area contributed by atoms with E-state index in [-0.39, 0.29) is 11.8 Å². The highest BCUT2D eigenvalue weighted by Crippen LogP contribution is 2.39. The molecule has 0 bridgehead atoms. The quantitative estimate of drug-likeness (QED) is 0.200. The minimum Gasteiger partial charge on any atom is -0.308 e. The van der Waals surface area contributed by atoms with Crippen molar-refractivity contribution >= 4 is 39.3 Å². The van der Waals surface area contributed by atoms with Crippen molar-refractivity contribution in [2.24, 2.45) is 0 Å². The number of hydrogen-bond donors (Lipinski definition) is 0. The average Bonchev–Trinajstić information content (AvgIpc) is 3.55. The molecule has 1 aliphatic heterocycles. The summed E-state index contributed by atoms with van der Waals surface area (Å²) >= 11 is 0. The molecule has 1 aromatic heterocycles. The van der Waals surface area contributed by atoms with Gasteiger partial charge in [-0.25, -0.2) is 4.90 Å². The van der Waals surface area contributed by atoms with Crippen LogP contribution in [0.2, 0.25) is 0 Å². The van der Waals surface area contributed by atoms with Crippen molar-refractivity contribution in [1.29, 1.82) is 5.26 Å². The zero-order valence-corrected chi connectivity index (χ0v) is 23.4. The molecule has 44 heavy (non-hydrogen) atoms. The van der Waals surface area contributed by atoms with Gasteiger partial charge >= 0.3 is 0 Å². The first-order chi connectivity index (χ1) is 21.6. The molecule has 6 aromatic carbocycles. The van der Waals surface area contributed by atoms with Gasteiger partial charge in [0.25, 0.3) is 11.8 Å². The lowest BCUT2D eigenvalue weighted by Crippen LogP contribution is -2.29. The predicted molar refractivity (Wildman–Crippen MR) is 174 cm³/mol.